The van der Waals surface area contributed by atoms with E-state index in [1.807, 2.05) is 0 Å². The third-order valence-electron chi connectivity index (χ3n) is 3.48. The SMILES string of the molecule is CCCNCc1ccc(N2CCOC(C)(C)C2)cc1. The summed E-state index contributed by atoms with van der Waals surface area (Å²) in [4.78, 5) is 2.41. The van der Waals surface area contributed by atoms with Gasteiger partial charge in [0.1, 0.15) is 0 Å². The third kappa shape index (κ3) is 4.22. The van der Waals surface area contributed by atoms with Crippen molar-refractivity contribution in [3.8, 4) is 0 Å². The van der Waals surface area contributed by atoms with Crippen LogP contribution in [0.4, 0.5) is 5.69 Å². The maximum atomic E-state index is 5.75. The molecule has 0 amide bonds. The first-order chi connectivity index (χ1) is 9.11. The lowest BCUT2D eigenvalue weighted by Gasteiger charge is -2.39. The van der Waals surface area contributed by atoms with Gasteiger partial charge >= 0.3 is 0 Å². The molecule has 0 saturated carbocycles. The molecule has 1 aromatic carbocycles. The highest BCUT2D eigenvalue weighted by Crippen LogP contribution is 2.23. The van der Waals surface area contributed by atoms with Crippen molar-refractivity contribution in [2.24, 2.45) is 0 Å². The van der Waals surface area contributed by atoms with Gasteiger partial charge in [-0.3, -0.25) is 0 Å². The zero-order valence-electron chi connectivity index (χ0n) is 12.4. The van der Waals surface area contributed by atoms with Crippen molar-refractivity contribution < 1.29 is 4.74 Å². The Morgan fingerprint density at radius 3 is 2.63 bits per heavy atom. The van der Waals surface area contributed by atoms with E-state index in [1.165, 1.54) is 17.7 Å². The van der Waals surface area contributed by atoms with Gasteiger partial charge in [-0.05, 0) is 44.5 Å². The molecule has 2 rings (SSSR count). The summed E-state index contributed by atoms with van der Waals surface area (Å²) < 4.78 is 5.75. The van der Waals surface area contributed by atoms with Crippen LogP contribution in [-0.4, -0.2) is 31.8 Å². The number of hydrogen-bond donors (Lipinski definition) is 1. The summed E-state index contributed by atoms with van der Waals surface area (Å²) in [5, 5.41) is 3.43. The summed E-state index contributed by atoms with van der Waals surface area (Å²) in [6, 6.07) is 8.90. The molecule has 0 atom stereocenters. The summed E-state index contributed by atoms with van der Waals surface area (Å²) in [6.07, 6.45) is 1.18. The first-order valence-corrected chi connectivity index (χ1v) is 7.29. The van der Waals surface area contributed by atoms with Crippen molar-refractivity contribution in [1.29, 1.82) is 0 Å². The third-order valence-corrected chi connectivity index (χ3v) is 3.48. The van der Waals surface area contributed by atoms with Crippen LogP contribution >= 0.6 is 0 Å². The quantitative estimate of drug-likeness (QED) is 0.826. The lowest BCUT2D eigenvalue weighted by atomic mass is 10.1. The van der Waals surface area contributed by atoms with E-state index in [1.54, 1.807) is 0 Å². The Balaban J connectivity index is 1.94. The second kappa shape index (κ2) is 6.40. The number of nitrogens with zero attached hydrogens (tertiary/aromatic N) is 1. The molecule has 1 saturated heterocycles. The molecule has 3 heteroatoms. The normalized spacial score (nSPS) is 18.6. The minimum Gasteiger partial charge on any atom is -0.372 e. The summed E-state index contributed by atoms with van der Waals surface area (Å²) in [5.74, 6) is 0. The average Bonchev–Trinajstić information content (AvgIpc) is 2.39. The van der Waals surface area contributed by atoms with Gasteiger partial charge in [0.05, 0.1) is 12.2 Å². The number of anilines is 1. The molecule has 0 spiro atoms. The topological polar surface area (TPSA) is 24.5 Å². The molecular weight excluding hydrogens is 236 g/mol. The van der Waals surface area contributed by atoms with Crippen LogP contribution in [0.3, 0.4) is 0 Å². The Kier molecular flexibility index (Phi) is 4.83. The highest BCUT2D eigenvalue weighted by atomic mass is 16.5. The van der Waals surface area contributed by atoms with Gasteiger partial charge in [-0.2, -0.15) is 0 Å². The smallest absolute Gasteiger partial charge is 0.0801 e. The van der Waals surface area contributed by atoms with Crippen LogP contribution in [0.15, 0.2) is 24.3 Å². The Hall–Kier alpha value is -1.06. The molecule has 19 heavy (non-hydrogen) atoms. The molecule has 0 unspecified atom stereocenters. The number of morpholine rings is 1. The molecule has 0 aromatic heterocycles. The molecular formula is C16H26N2O. The number of ether oxygens (including phenoxy) is 1. The van der Waals surface area contributed by atoms with Crippen LogP contribution in [0, 0.1) is 0 Å². The second-order valence-electron chi connectivity index (χ2n) is 5.87. The van der Waals surface area contributed by atoms with E-state index < -0.39 is 0 Å². The summed E-state index contributed by atoms with van der Waals surface area (Å²) in [5.41, 5.74) is 2.61. The average molecular weight is 262 g/mol. The van der Waals surface area contributed by atoms with E-state index in [0.29, 0.717) is 0 Å². The Bertz CT molecular complexity index is 386. The largest absolute Gasteiger partial charge is 0.372 e. The van der Waals surface area contributed by atoms with Gasteiger partial charge in [0.15, 0.2) is 0 Å². The Morgan fingerprint density at radius 1 is 1.26 bits per heavy atom. The summed E-state index contributed by atoms with van der Waals surface area (Å²) in [7, 11) is 0. The van der Waals surface area contributed by atoms with E-state index in [9.17, 15) is 0 Å². The molecule has 1 aliphatic rings. The highest BCUT2D eigenvalue weighted by Gasteiger charge is 2.27. The minimum atomic E-state index is -0.0421. The van der Waals surface area contributed by atoms with E-state index in [2.05, 4.69) is 55.3 Å². The molecule has 3 nitrogen and oxygen atoms in total. The molecule has 1 heterocycles. The van der Waals surface area contributed by atoms with Gasteiger partial charge in [-0.25, -0.2) is 0 Å². The van der Waals surface area contributed by atoms with E-state index in [4.69, 9.17) is 4.74 Å². The van der Waals surface area contributed by atoms with E-state index in [-0.39, 0.29) is 5.60 Å². The Morgan fingerprint density at radius 2 is 2.00 bits per heavy atom. The second-order valence-corrected chi connectivity index (χ2v) is 5.87. The fraction of sp³-hybridized carbons (Fsp3) is 0.625. The van der Waals surface area contributed by atoms with E-state index in [0.717, 1.165) is 32.8 Å². The number of rotatable bonds is 5. The monoisotopic (exact) mass is 262 g/mol. The van der Waals surface area contributed by atoms with Crippen molar-refractivity contribution in [2.45, 2.75) is 39.3 Å². The van der Waals surface area contributed by atoms with Crippen molar-refractivity contribution in [1.82, 2.24) is 5.32 Å². The summed E-state index contributed by atoms with van der Waals surface area (Å²) in [6.45, 7) is 11.3. The van der Waals surface area contributed by atoms with Gasteiger partial charge in [0, 0.05) is 25.3 Å². The highest BCUT2D eigenvalue weighted by molar-refractivity contribution is 5.48. The Labute approximate surface area is 116 Å². The fourth-order valence-corrected chi connectivity index (χ4v) is 2.47. The zero-order valence-corrected chi connectivity index (χ0v) is 12.4. The lowest BCUT2D eigenvalue weighted by Crippen LogP contribution is -2.48. The predicted octanol–water partition coefficient (Wildman–Crippen LogP) is 2.80. The van der Waals surface area contributed by atoms with Crippen molar-refractivity contribution >= 4 is 5.69 Å². The van der Waals surface area contributed by atoms with Gasteiger partial charge in [0.2, 0.25) is 0 Å². The zero-order chi connectivity index (χ0) is 13.7. The van der Waals surface area contributed by atoms with Crippen molar-refractivity contribution in [3.63, 3.8) is 0 Å². The summed E-state index contributed by atoms with van der Waals surface area (Å²) >= 11 is 0. The van der Waals surface area contributed by atoms with Gasteiger partial charge < -0.3 is 15.0 Å². The van der Waals surface area contributed by atoms with Crippen LogP contribution in [0.5, 0.6) is 0 Å². The molecule has 0 aliphatic carbocycles. The first kappa shape index (κ1) is 14.4. The minimum absolute atomic E-state index is 0.0421. The molecule has 106 valence electrons. The fourth-order valence-electron chi connectivity index (χ4n) is 2.47. The number of hydrogen-bond acceptors (Lipinski definition) is 3. The predicted molar refractivity (Wildman–Crippen MR) is 80.7 cm³/mol. The maximum Gasteiger partial charge on any atom is 0.0801 e. The molecule has 0 radical (unpaired) electrons. The van der Waals surface area contributed by atoms with Crippen LogP contribution in [-0.2, 0) is 11.3 Å². The molecule has 1 aliphatic heterocycles. The molecule has 0 bridgehead atoms. The van der Waals surface area contributed by atoms with Crippen LogP contribution in [0.25, 0.3) is 0 Å². The maximum absolute atomic E-state index is 5.75. The van der Waals surface area contributed by atoms with Crippen molar-refractivity contribution in [2.75, 3.05) is 31.1 Å². The lowest BCUT2D eigenvalue weighted by molar-refractivity contribution is -0.0276. The van der Waals surface area contributed by atoms with Crippen molar-refractivity contribution in [3.05, 3.63) is 29.8 Å². The van der Waals surface area contributed by atoms with Gasteiger partial charge in [0.25, 0.3) is 0 Å². The van der Waals surface area contributed by atoms with Crippen LogP contribution < -0.4 is 10.2 Å². The number of nitrogens with one attached hydrogen (secondary N) is 1. The molecule has 1 N–H and O–H groups in total. The number of benzene rings is 1. The standard InChI is InChI=1S/C16H26N2O/c1-4-9-17-12-14-5-7-15(8-6-14)18-10-11-19-16(2,3)13-18/h5-8,17H,4,9-13H2,1-3H3. The van der Waals surface area contributed by atoms with Crippen LogP contribution in [0.2, 0.25) is 0 Å². The molecule has 1 aromatic rings. The van der Waals surface area contributed by atoms with Gasteiger partial charge in [-0.15, -0.1) is 0 Å². The van der Waals surface area contributed by atoms with E-state index >= 15 is 0 Å². The van der Waals surface area contributed by atoms with Gasteiger partial charge in [-0.1, -0.05) is 19.1 Å². The van der Waals surface area contributed by atoms with Crippen LogP contribution in [0.1, 0.15) is 32.8 Å². The molecule has 1 fully saturated rings. The first-order valence-electron chi connectivity index (χ1n) is 7.29.